The number of nitrogens with zero attached hydrogens (tertiary/aromatic N) is 1. The molecule has 2 fully saturated rings. The zero-order valence-corrected chi connectivity index (χ0v) is 14.0. The van der Waals surface area contributed by atoms with Gasteiger partial charge >= 0.3 is 0 Å². The average Bonchev–Trinajstić information content (AvgIpc) is 3.06. The Labute approximate surface area is 150 Å². The first kappa shape index (κ1) is 14.1. The Morgan fingerprint density at radius 3 is 2.81 bits per heavy atom. The maximum atomic E-state index is 13.2. The van der Waals surface area contributed by atoms with Crippen LogP contribution in [-0.2, 0) is 5.41 Å². The molecule has 3 aromatic rings. The normalized spacial score (nSPS) is 25.5. The number of carbonyl (C=O) groups is 2. The molecule has 1 N–H and O–H groups in total. The average molecular weight is 340 g/mol. The number of carbonyl (C=O) groups excluding carboxylic acids is 2. The van der Waals surface area contributed by atoms with Gasteiger partial charge in [-0.2, -0.15) is 0 Å². The highest BCUT2D eigenvalue weighted by Gasteiger charge is 2.67. The van der Waals surface area contributed by atoms with Gasteiger partial charge in [0.2, 0.25) is 0 Å². The van der Waals surface area contributed by atoms with Crippen LogP contribution < -0.4 is 0 Å². The van der Waals surface area contributed by atoms with Gasteiger partial charge in [-0.25, -0.2) is 0 Å². The molecular weight excluding hydrogens is 324 g/mol. The second-order valence-corrected chi connectivity index (χ2v) is 7.50. The van der Waals surface area contributed by atoms with Crippen LogP contribution in [0.1, 0.15) is 32.8 Å². The molecule has 4 heteroatoms. The number of ketones is 1. The minimum Gasteiger partial charge on any atom is -0.351 e. The van der Waals surface area contributed by atoms with Gasteiger partial charge in [0.1, 0.15) is 5.69 Å². The van der Waals surface area contributed by atoms with Crippen molar-refractivity contribution >= 4 is 22.6 Å². The van der Waals surface area contributed by atoms with Crippen molar-refractivity contribution in [2.45, 2.75) is 11.8 Å². The Morgan fingerprint density at radius 1 is 1.12 bits per heavy atom. The lowest BCUT2D eigenvalue weighted by atomic mass is 9.81. The highest BCUT2D eigenvalue weighted by Crippen LogP contribution is 2.66. The van der Waals surface area contributed by atoms with Crippen molar-refractivity contribution in [2.75, 3.05) is 6.54 Å². The van der Waals surface area contributed by atoms with Crippen molar-refractivity contribution in [2.24, 2.45) is 5.92 Å². The molecule has 1 aliphatic heterocycles. The predicted octanol–water partition coefficient (Wildman–Crippen LogP) is 3.66. The molecule has 2 unspecified atom stereocenters. The summed E-state index contributed by atoms with van der Waals surface area (Å²) < 4.78 is 0. The molecule has 26 heavy (non-hydrogen) atoms. The third-order valence-electron chi connectivity index (χ3n) is 6.20. The molecule has 1 saturated heterocycles. The summed E-state index contributed by atoms with van der Waals surface area (Å²) in [5, 5.41) is 1.02. The van der Waals surface area contributed by atoms with Gasteiger partial charge in [-0.05, 0) is 30.0 Å². The summed E-state index contributed by atoms with van der Waals surface area (Å²) in [4.78, 5) is 30.8. The van der Waals surface area contributed by atoms with E-state index in [1.54, 1.807) is 6.08 Å². The lowest BCUT2D eigenvalue weighted by Crippen LogP contribution is -2.33. The molecular formula is C22H16N2O2. The van der Waals surface area contributed by atoms with Gasteiger partial charge in [0, 0.05) is 40.2 Å². The van der Waals surface area contributed by atoms with Gasteiger partial charge in [0.15, 0.2) is 5.78 Å². The number of aromatic nitrogens is 1. The first-order valence-corrected chi connectivity index (χ1v) is 8.94. The van der Waals surface area contributed by atoms with Crippen molar-refractivity contribution in [1.29, 1.82) is 0 Å². The Balaban J connectivity index is 1.45. The molecule has 1 spiro atoms. The molecule has 1 amide bonds. The molecule has 3 aliphatic rings. The summed E-state index contributed by atoms with van der Waals surface area (Å²) in [6.07, 6.45) is 2.72. The van der Waals surface area contributed by atoms with Crippen molar-refractivity contribution in [3.8, 4) is 0 Å². The largest absolute Gasteiger partial charge is 0.351 e. The highest BCUT2D eigenvalue weighted by molar-refractivity contribution is 6.10. The zero-order valence-electron chi connectivity index (χ0n) is 14.0. The fourth-order valence-electron chi connectivity index (χ4n) is 4.91. The zero-order chi connectivity index (χ0) is 17.5. The molecule has 2 aromatic carbocycles. The third-order valence-corrected chi connectivity index (χ3v) is 6.20. The van der Waals surface area contributed by atoms with Crippen molar-refractivity contribution in [1.82, 2.24) is 9.88 Å². The first-order chi connectivity index (χ1) is 12.7. The maximum absolute atomic E-state index is 13.2. The number of hydrogen-bond donors (Lipinski definition) is 1. The second-order valence-electron chi connectivity index (χ2n) is 7.50. The fraction of sp³-hybridized carbons (Fsp3) is 0.182. The van der Waals surface area contributed by atoms with E-state index in [0.717, 1.165) is 34.1 Å². The van der Waals surface area contributed by atoms with E-state index in [4.69, 9.17) is 0 Å². The first-order valence-electron chi connectivity index (χ1n) is 8.94. The molecule has 1 saturated carbocycles. The van der Waals surface area contributed by atoms with E-state index in [0.29, 0.717) is 18.2 Å². The number of likely N-dealkylation sites (tertiary alicyclic amines) is 1. The quantitative estimate of drug-likeness (QED) is 0.735. The van der Waals surface area contributed by atoms with Gasteiger partial charge in [-0.1, -0.05) is 42.5 Å². The van der Waals surface area contributed by atoms with E-state index in [1.807, 2.05) is 53.4 Å². The molecule has 4 nitrogen and oxygen atoms in total. The van der Waals surface area contributed by atoms with E-state index in [-0.39, 0.29) is 17.1 Å². The number of amides is 1. The summed E-state index contributed by atoms with van der Waals surface area (Å²) >= 11 is 0. The molecule has 6 rings (SSSR count). The van der Waals surface area contributed by atoms with Gasteiger partial charge in [-0.3, -0.25) is 9.59 Å². The van der Waals surface area contributed by atoms with Crippen LogP contribution in [0, 0.1) is 5.92 Å². The monoisotopic (exact) mass is 340 g/mol. The van der Waals surface area contributed by atoms with Crippen LogP contribution in [-0.4, -0.2) is 28.1 Å². The number of benzene rings is 2. The van der Waals surface area contributed by atoms with Crippen LogP contribution in [0.25, 0.3) is 10.9 Å². The van der Waals surface area contributed by atoms with E-state index in [9.17, 15) is 9.59 Å². The van der Waals surface area contributed by atoms with Gasteiger partial charge in [0.25, 0.3) is 5.91 Å². The van der Waals surface area contributed by atoms with Crippen LogP contribution >= 0.6 is 0 Å². The summed E-state index contributed by atoms with van der Waals surface area (Å²) in [5.41, 5.74) is 4.17. The van der Waals surface area contributed by atoms with Crippen LogP contribution in [0.3, 0.4) is 0 Å². The van der Waals surface area contributed by atoms with Crippen molar-refractivity contribution < 1.29 is 9.59 Å². The van der Waals surface area contributed by atoms with Crippen LogP contribution in [0.4, 0.5) is 0 Å². The minimum absolute atomic E-state index is 0.00298. The summed E-state index contributed by atoms with van der Waals surface area (Å²) in [7, 11) is 0. The van der Waals surface area contributed by atoms with E-state index in [1.165, 1.54) is 0 Å². The number of allylic oxidation sites excluding steroid dienone is 2. The number of para-hydroxylation sites is 1. The Bertz CT molecular complexity index is 1120. The standard InChI is InChI=1S/C22H16N2O2/c25-19-10-20-22(16-7-3-2-6-15(16)19)11-14(22)12-24(20)21(26)18-9-13-5-1-4-8-17(13)23-18/h1-10,14,23H,11-12H2. The predicted molar refractivity (Wildman–Crippen MR) is 98.0 cm³/mol. The number of fused-ring (bicyclic) bond motifs is 2. The lowest BCUT2D eigenvalue weighted by Gasteiger charge is -2.29. The molecule has 126 valence electrons. The van der Waals surface area contributed by atoms with Gasteiger partial charge in [0.05, 0.1) is 0 Å². The molecule has 0 radical (unpaired) electrons. The fourth-order valence-corrected chi connectivity index (χ4v) is 4.91. The van der Waals surface area contributed by atoms with Gasteiger partial charge in [-0.15, -0.1) is 0 Å². The number of nitrogens with one attached hydrogen (secondary N) is 1. The van der Waals surface area contributed by atoms with Gasteiger partial charge < -0.3 is 9.88 Å². The third kappa shape index (κ3) is 1.59. The van der Waals surface area contributed by atoms with Crippen molar-refractivity contribution in [3.63, 3.8) is 0 Å². The van der Waals surface area contributed by atoms with Crippen molar-refractivity contribution in [3.05, 3.63) is 83.2 Å². The summed E-state index contributed by atoms with van der Waals surface area (Å²) in [6.45, 7) is 0.682. The number of hydrogen-bond acceptors (Lipinski definition) is 2. The number of piperidine rings is 1. The number of H-pyrrole nitrogens is 1. The maximum Gasteiger partial charge on any atom is 0.274 e. The number of rotatable bonds is 1. The molecule has 0 bridgehead atoms. The summed E-state index contributed by atoms with van der Waals surface area (Å²) in [6, 6.07) is 17.6. The molecule has 1 aromatic heterocycles. The SMILES string of the molecule is O=C1C=C2N(C(=O)c3cc4ccccc4[nH]3)CC3CC23c2ccccc21. The Kier molecular flexibility index (Phi) is 2.45. The van der Waals surface area contributed by atoms with E-state index in [2.05, 4.69) is 11.1 Å². The van der Waals surface area contributed by atoms with E-state index < -0.39 is 0 Å². The molecule has 2 aliphatic carbocycles. The molecule has 2 atom stereocenters. The Morgan fingerprint density at radius 2 is 1.92 bits per heavy atom. The Hall–Kier alpha value is -3.14. The second kappa shape index (κ2) is 4.52. The smallest absolute Gasteiger partial charge is 0.274 e. The van der Waals surface area contributed by atoms with E-state index >= 15 is 0 Å². The lowest BCUT2D eigenvalue weighted by molar-refractivity contribution is 0.0806. The highest BCUT2D eigenvalue weighted by atomic mass is 16.2. The van der Waals surface area contributed by atoms with Crippen LogP contribution in [0.2, 0.25) is 0 Å². The minimum atomic E-state index is -0.133. The molecule has 2 heterocycles. The van der Waals surface area contributed by atoms with Crippen LogP contribution in [0.5, 0.6) is 0 Å². The number of aromatic amines is 1. The topological polar surface area (TPSA) is 53.2 Å². The summed E-state index contributed by atoms with van der Waals surface area (Å²) in [5.74, 6) is 0.366. The van der Waals surface area contributed by atoms with Crippen LogP contribution in [0.15, 0.2) is 66.4 Å².